The molecule has 0 aliphatic carbocycles. The van der Waals surface area contributed by atoms with E-state index in [-0.39, 0.29) is 61.9 Å². The van der Waals surface area contributed by atoms with Crippen LogP contribution in [0, 0.1) is 5.92 Å². The molecule has 1 fully saturated rings. The van der Waals surface area contributed by atoms with E-state index in [1.54, 1.807) is 24.3 Å². The van der Waals surface area contributed by atoms with Gasteiger partial charge >= 0.3 is 0 Å². The Morgan fingerprint density at radius 3 is 2.55 bits per heavy atom. The molecule has 11 nitrogen and oxygen atoms in total. The molecule has 2 aromatic rings. The number of carbonyl (C=O) groups excluding carboxylic acids is 5. The smallest absolute Gasteiger partial charge is 0.255 e. The zero-order chi connectivity index (χ0) is 30.1. The average Bonchev–Trinajstić information content (AvgIpc) is 3.38. The van der Waals surface area contributed by atoms with E-state index in [4.69, 9.17) is 4.74 Å². The van der Waals surface area contributed by atoms with Gasteiger partial charge in [0.15, 0.2) is 0 Å². The largest absolute Gasteiger partial charge is 0.491 e. The molecule has 0 spiro atoms. The summed E-state index contributed by atoms with van der Waals surface area (Å²) in [6, 6.07) is 13.0. The first-order valence-electron chi connectivity index (χ1n) is 14.4. The van der Waals surface area contributed by atoms with Crippen LogP contribution in [0.4, 0.5) is 0 Å². The summed E-state index contributed by atoms with van der Waals surface area (Å²) in [5, 5.41) is 11.1. The molecule has 11 heteroatoms. The molecule has 1 saturated heterocycles. The number of hydrogen-bond acceptors (Lipinski definition) is 6. The number of likely N-dealkylation sites (tertiary alicyclic amines) is 1. The molecular formula is C31H39N5O6. The van der Waals surface area contributed by atoms with Gasteiger partial charge in [0.25, 0.3) is 5.91 Å². The first-order chi connectivity index (χ1) is 20.2. The minimum Gasteiger partial charge on any atom is -0.491 e. The van der Waals surface area contributed by atoms with Crippen molar-refractivity contribution in [1.82, 2.24) is 26.2 Å². The summed E-state index contributed by atoms with van der Waals surface area (Å²) in [5.74, 6) is -1.21. The van der Waals surface area contributed by atoms with E-state index in [1.807, 2.05) is 43.0 Å². The van der Waals surface area contributed by atoms with Crippen LogP contribution in [0.1, 0.15) is 61.0 Å². The van der Waals surface area contributed by atoms with Gasteiger partial charge < -0.3 is 30.9 Å². The van der Waals surface area contributed by atoms with Gasteiger partial charge in [0.05, 0.1) is 18.2 Å². The minimum absolute atomic E-state index is 0.0276. The molecule has 4 rings (SSSR count). The van der Waals surface area contributed by atoms with Crippen LogP contribution in [0.3, 0.4) is 0 Å². The van der Waals surface area contributed by atoms with E-state index in [0.29, 0.717) is 18.7 Å². The van der Waals surface area contributed by atoms with Crippen LogP contribution >= 0.6 is 0 Å². The van der Waals surface area contributed by atoms with Gasteiger partial charge in [0.1, 0.15) is 18.4 Å². The van der Waals surface area contributed by atoms with Crippen molar-refractivity contribution in [3.63, 3.8) is 0 Å². The van der Waals surface area contributed by atoms with Crippen molar-refractivity contribution >= 4 is 29.5 Å². The molecule has 224 valence electrons. The number of para-hydroxylation sites is 1. The lowest BCUT2D eigenvalue weighted by molar-refractivity contribution is -0.128. The molecule has 4 N–H and O–H groups in total. The number of amides is 5. The van der Waals surface area contributed by atoms with E-state index in [0.717, 1.165) is 24.1 Å². The Labute approximate surface area is 245 Å². The van der Waals surface area contributed by atoms with Crippen molar-refractivity contribution in [2.24, 2.45) is 5.92 Å². The summed E-state index contributed by atoms with van der Waals surface area (Å²) in [4.78, 5) is 65.5. The fraction of sp³-hybridized carbons (Fsp3) is 0.452. The van der Waals surface area contributed by atoms with Gasteiger partial charge in [0, 0.05) is 32.5 Å². The molecule has 0 radical (unpaired) electrons. The van der Waals surface area contributed by atoms with E-state index in [9.17, 15) is 24.0 Å². The second kappa shape index (κ2) is 14.5. The van der Waals surface area contributed by atoms with Crippen molar-refractivity contribution in [3.05, 3.63) is 65.2 Å². The van der Waals surface area contributed by atoms with Gasteiger partial charge in [-0.15, -0.1) is 0 Å². The minimum atomic E-state index is -1.01. The van der Waals surface area contributed by atoms with E-state index >= 15 is 0 Å². The van der Waals surface area contributed by atoms with Crippen LogP contribution in [-0.2, 0) is 32.3 Å². The van der Waals surface area contributed by atoms with Crippen LogP contribution < -0.4 is 26.0 Å². The Morgan fingerprint density at radius 2 is 1.79 bits per heavy atom. The predicted molar refractivity (Wildman–Crippen MR) is 155 cm³/mol. The molecule has 2 heterocycles. The van der Waals surface area contributed by atoms with Crippen LogP contribution in [0.25, 0.3) is 0 Å². The fourth-order valence-electron chi connectivity index (χ4n) is 4.91. The summed E-state index contributed by atoms with van der Waals surface area (Å²) >= 11 is 0. The summed E-state index contributed by atoms with van der Waals surface area (Å²) in [5.41, 5.74) is 2.06. The summed E-state index contributed by atoms with van der Waals surface area (Å²) in [7, 11) is 0. The molecule has 2 aliphatic heterocycles. The average molecular weight is 578 g/mol. The highest BCUT2D eigenvalue weighted by molar-refractivity contribution is 5.99. The number of hydrogen-bond donors (Lipinski definition) is 4. The molecule has 0 aromatic heterocycles. The van der Waals surface area contributed by atoms with Gasteiger partial charge in [-0.2, -0.15) is 0 Å². The highest BCUT2D eigenvalue weighted by atomic mass is 16.5. The van der Waals surface area contributed by atoms with Crippen LogP contribution in [0.2, 0.25) is 0 Å². The maximum atomic E-state index is 13.3. The summed E-state index contributed by atoms with van der Waals surface area (Å²) in [6.45, 7) is 5.26. The molecule has 0 saturated carbocycles. The van der Waals surface area contributed by atoms with Crippen molar-refractivity contribution in [2.75, 3.05) is 19.7 Å². The van der Waals surface area contributed by atoms with Crippen molar-refractivity contribution < 1.29 is 28.7 Å². The van der Waals surface area contributed by atoms with Crippen molar-refractivity contribution in [2.45, 2.75) is 64.7 Å². The number of rotatable bonds is 6. The molecule has 5 amide bonds. The Hall–Kier alpha value is -4.41. The summed E-state index contributed by atoms with van der Waals surface area (Å²) in [6.07, 6.45) is 1.39. The number of nitrogens with one attached hydrogen (secondary N) is 4. The van der Waals surface area contributed by atoms with Gasteiger partial charge in [-0.05, 0) is 42.0 Å². The highest BCUT2D eigenvalue weighted by Gasteiger charge is 2.26. The van der Waals surface area contributed by atoms with Crippen molar-refractivity contribution in [3.8, 4) is 5.75 Å². The fourth-order valence-corrected chi connectivity index (χ4v) is 4.91. The van der Waals surface area contributed by atoms with Crippen LogP contribution in [-0.4, -0.2) is 66.2 Å². The molecule has 0 bridgehead atoms. The zero-order valence-corrected chi connectivity index (χ0v) is 24.1. The van der Waals surface area contributed by atoms with E-state index in [2.05, 4.69) is 21.3 Å². The normalized spacial score (nSPS) is 20.4. The number of carbonyl (C=O) groups is 5. The molecule has 2 aliphatic rings. The van der Waals surface area contributed by atoms with Crippen LogP contribution in [0.15, 0.2) is 48.5 Å². The molecule has 2 atom stereocenters. The zero-order valence-electron chi connectivity index (χ0n) is 24.1. The quantitative estimate of drug-likeness (QED) is 0.411. The molecular weight excluding hydrogens is 538 g/mol. The lowest BCUT2D eigenvalue weighted by atomic mass is 10.1. The lowest BCUT2D eigenvalue weighted by Gasteiger charge is -2.23. The van der Waals surface area contributed by atoms with E-state index in [1.165, 1.54) is 0 Å². The second-order valence-electron chi connectivity index (χ2n) is 11.0. The van der Waals surface area contributed by atoms with Gasteiger partial charge in [-0.25, -0.2) is 0 Å². The maximum absolute atomic E-state index is 13.3. The number of benzene rings is 2. The van der Waals surface area contributed by atoms with Crippen molar-refractivity contribution in [1.29, 1.82) is 0 Å². The van der Waals surface area contributed by atoms with Gasteiger partial charge in [-0.1, -0.05) is 50.2 Å². The number of fused-ring (bicyclic) bond motifs is 1. The molecule has 42 heavy (non-hydrogen) atoms. The number of ether oxygens (including phenoxy) is 1. The maximum Gasteiger partial charge on any atom is 0.255 e. The first kappa shape index (κ1) is 30.5. The standard InChI is InChI=1S/C31H39N5O6/c1-20(2)25-19-42-26-10-4-3-9-23(26)30(40)35-24(12-13-27(37)32-17-28(38)34-25)31(41)33-16-21-7-5-8-22(15-21)18-36-14-6-11-29(36)39/h3-5,7-10,15,20,24-25H,6,11-14,16-19H2,1-2H3,(H,32,37)(H,33,41)(H,34,38)(H,35,40)/t24-,25+/m0/s1. The Morgan fingerprint density at radius 1 is 1.00 bits per heavy atom. The van der Waals surface area contributed by atoms with Crippen LogP contribution in [0.5, 0.6) is 5.75 Å². The third-order valence-electron chi connectivity index (χ3n) is 7.43. The monoisotopic (exact) mass is 577 g/mol. The third-order valence-corrected chi connectivity index (χ3v) is 7.43. The number of nitrogens with zero attached hydrogens (tertiary/aromatic N) is 1. The predicted octanol–water partition coefficient (Wildman–Crippen LogP) is 1.65. The Bertz CT molecular complexity index is 1310. The Kier molecular flexibility index (Phi) is 10.5. The second-order valence-corrected chi connectivity index (χ2v) is 11.0. The Balaban J connectivity index is 1.47. The third kappa shape index (κ3) is 8.55. The summed E-state index contributed by atoms with van der Waals surface area (Å²) < 4.78 is 5.96. The molecule has 2 aromatic carbocycles. The molecule has 0 unspecified atom stereocenters. The van der Waals surface area contributed by atoms with E-state index < -0.39 is 23.8 Å². The SMILES string of the molecule is CC(C)[C@H]1COc2ccccc2C(=O)N[C@H](C(=O)NCc2cccc(CN3CCCC3=O)c2)CCC(=O)NCC(=O)N1. The first-order valence-corrected chi connectivity index (χ1v) is 14.4. The van der Waals surface area contributed by atoms with Gasteiger partial charge in [-0.3, -0.25) is 24.0 Å². The lowest BCUT2D eigenvalue weighted by Crippen LogP contribution is -2.47. The topological polar surface area (TPSA) is 146 Å². The highest BCUT2D eigenvalue weighted by Crippen LogP contribution is 2.20. The van der Waals surface area contributed by atoms with Gasteiger partial charge in [0.2, 0.25) is 23.6 Å².